The van der Waals surface area contributed by atoms with E-state index in [0.717, 1.165) is 11.2 Å². The Labute approximate surface area is 113 Å². The first-order chi connectivity index (χ1) is 8.05. The van der Waals surface area contributed by atoms with E-state index in [1.165, 1.54) is 64.6 Å². The molecular formula is C15H29NS. The average molecular weight is 255 g/mol. The molecular weight excluding hydrogens is 226 g/mol. The van der Waals surface area contributed by atoms with Gasteiger partial charge in [-0.15, -0.1) is 0 Å². The summed E-state index contributed by atoms with van der Waals surface area (Å²) in [6, 6.07) is 0. The van der Waals surface area contributed by atoms with E-state index < -0.39 is 0 Å². The molecule has 17 heavy (non-hydrogen) atoms. The highest BCUT2D eigenvalue weighted by atomic mass is 32.1. The number of nitrogens with zero attached hydrogens (tertiary/aromatic N) is 1. The Kier molecular flexibility index (Phi) is 4.46. The maximum atomic E-state index is 4.47. The van der Waals surface area contributed by atoms with Crippen molar-refractivity contribution in [1.29, 1.82) is 0 Å². The van der Waals surface area contributed by atoms with Crippen molar-refractivity contribution in [2.45, 2.75) is 58.8 Å². The molecule has 0 aromatic carbocycles. The quantitative estimate of drug-likeness (QED) is 0.746. The van der Waals surface area contributed by atoms with Crippen LogP contribution in [0.25, 0.3) is 0 Å². The van der Waals surface area contributed by atoms with Crippen LogP contribution >= 0.6 is 12.6 Å². The van der Waals surface area contributed by atoms with Crippen LogP contribution in [-0.4, -0.2) is 30.3 Å². The van der Waals surface area contributed by atoms with Crippen LogP contribution in [0.4, 0.5) is 0 Å². The summed E-state index contributed by atoms with van der Waals surface area (Å²) in [4.78, 5) is 2.68. The third-order valence-electron chi connectivity index (χ3n) is 4.91. The van der Waals surface area contributed by atoms with Gasteiger partial charge in [0.1, 0.15) is 0 Å². The minimum absolute atomic E-state index is 0.375. The molecule has 2 rings (SSSR count). The first-order valence-corrected chi connectivity index (χ1v) is 8.02. The van der Waals surface area contributed by atoms with Gasteiger partial charge >= 0.3 is 0 Å². The normalized spacial score (nSPS) is 26.3. The predicted molar refractivity (Wildman–Crippen MR) is 78.8 cm³/mol. The van der Waals surface area contributed by atoms with Crippen LogP contribution in [0.2, 0.25) is 0 Å². The lowest BCUT2D eigenvalue weighted by Gasteiger charge is -2.45. The van der Waals surface area contributed by atoms with Crippen LogP contribution in [0, 0.1) is 10.8 Å². The van der Waals surface area contributed by atoms with Crippen LogP contribution in [0.15, 0.2) is 0 Å². The molecule has 100 valence electrons. The Bertz CT molecular complexity index is 233. The molecule has 0 aromatic rings. The van der Waals surface area contributed by atoms with Crippen molar-refractivity contribution in [2.24, 2.45) is 10.8 Å². The highest BCUT2D eigenvalue weighted by molar-refractivity contribution is 7.80. The molecule has 1 spiro atoms. The fraction of sp³-hybridized carbons (Fsp3) is 1.00. The minimum Gasteiger partial charge on any atom is -0.303 e. The molecule has 1 saturated carbocycles. The summed E-state index contributed by atoms with van der Waals surface area (Å²) >= 11 is 4.47. The number of piperidine rings is 1. The topological polar surface area (TPSA) is 3.24 Å². The molecule has 0 bridgehead atoms. The Hall–Kier alpha value is 0.310. The van der Waals surface area contributed by atoms with Crippen molar-refractivity contribution >= 4 is 12.6 Å². The number of likely N-dealkylation sites (tertiary alicyclic amines) is 1. The maximum absolute atomic E-state index is 4.47. The molecule has 0 aromatic heterocycles. The molecule has 1 aliphatic carbocycles. The smallest absolute Gasteiger partial charge is 0.00405 e. The minimum atomic E-state index is 0.375. The summed E-state index contributed by atoms with van der Waals surface area (Å²) < 4.78 is 0. The molecule has 1 heterocycles. The molecule has 1 aliphatic heterocycles. The van der Waals surface area contributed by atoms with Gasteiger partial charge in [0.25, 0.3) is 0 Å². The number of thiol groups is 1. The van der Waals surface area contributed by atoms with E-state index in [-0.39, 0.29) is 0 Å². The standard InChI is InChI=1S/C15H29NS/c1-14(2,13-17)12-16-10-8-15(9-11-16)6-4-3-5-7-15/h17H,3-13H2,1-2H3. The van der Waals surface area contributed by atoms with Crippen LogP contribution in [0.1, 0.15) is 58.8 Å². The van der Waals surface area contributed by atoms with Crippen molar-refractivity contribution in [2.75, 3.05) is 25.4 Å². The SMILES string of the molecule is CC(C)(CS)CN1CCC2(CCCCC2)CC1. The molecule has 2 fully saturated rings. The summed E-state index contributed by atoms with van der Waals surface area (Å²) in [6.07, 6.45) is 10.4. The highest BCUT2D eigenvalue weighted by Gasteiger charge is 2.36. The molecule has 2 aliphatic rings. The van der Waals surface area contributed by atoms with Gasteiger partial charge in [-0.05, 0) is 55.4 Å². The zero-order chi connectivity index (χ0) is 12.4. The van der Waals surface area contributed by atoms with Crippen LogP contribution in [-0.2, 0) is 0 Å². The second-order valence-electron chi connectivity index (χ2n) is 7.16. The van der Waals surface area contributed by atoms with E-state index in [9.17, 15) is 0 Å². The highest BCUT2D eigenvalue weighted by Crippen LogP contribution is 2.44. The third-order valence-corrected chi connectivity index (χ3v) is 5.77. The van der Waals surface area contributed by atoms with Gasteiger partial charge in [0.15, 0.2) is 0 Å². The van der Waals surface area contributed by atoms with Gasteiger partial charge in [-0.2, -0.15) is 12.6 Å². The Morgan fingerprint density at radius 2 is 1.59 bits per heavy atom. The van der Waals surface area contributed by atoms with Crippen LogP contribution in [0.5, 0.6) is 0 Å². The third kappa shape index (κ3) is 3.64. The van der Waals surface area contributed by atoms with Crippen molar-refractivity contribution < 1.29 is 0 Å². The fourth-order valence-electron chi connectivity index (χ4n) is 3.64. The zero-order valence-corrected chi connectivity index (χ0v) is 12.6. The number of hydrogen-bond donors (Lipinski definition) is 1. The molecule has 0 unspecified atom stereocenters. The van der Waals surface area contributed by atoms with Crippen molar-refractivity contribution in [3.63, 3.8) is 0 Å². The fourth-order valence-corrected chi connectivity index (χ4v) is 3.74. The van der Waals surface area contributed by atoms with Gasteiger partial charge < -0.3 is 4.90 Å². The average Bonchev–Trinajstić information content (AvgIpc) is 2.34. The summed E-state index contributed by atoms with van der Waals surface area (Å²) in [6.45, 7) is 8.57. The molecule has 0 N–H and O–H groups in total. The van der Waals surface area contributed by atoms with E-state index in [0.29, 0.717) is 5.41 Å². The van der Waals surface area contributed by atoms with Gasteiger partial charge in [0, 0.05) is 6.54 Å². The number of hydrogen-bond acceptors (Lipinski definition) is 2. The zero-order valence-electron chi connectivity index (χ0n) is 11.7. The van der Waals surface area contributed by atoms with E-state index in [1.807, 2.05) is 0 Å². The van der Waals surface area contributed by atoms with Gasteiger partial charge in [-0.25, -0.2) is 0 Å². The summed E-state index contributed by atoms with van der Waals surface area (Å²) in [5.74, 6) is 0.995. The van der Waals surface area contributed by atoms with E-state index in [4.69, 9.17) is 0 Å². The predicted octanol–water partition coefficient (Wildman–Crippen LogP) is 3.99. The lowest BCUT2D eigenvalue weighted by atomic mass is 9.68. The van der Waals surface area contributed by atoms with Crippen LogP contribution < -0.4 is 0 Å². The Morgan fingerprint density at radius 1 is 1.00 bits per heavy atom. The van der Waals surface area contributed by atoms with Gasteiger partial charge in [-0.3, -0.25) is 0 Å². The molecule has 1 nitrogen and oxygen atoms in total. The molecule has 0 atom stereocenters. The lowest BCUT2D eigenvalue weighted by molar-refractivity contribution is 0.0522. The summed E-state index contributed by atoms with van der Waals surface area (Å²) in [7, 11) is 0. The van der Waals surface area contributed by atoms with Crippen molar-refractivity contribution in [3.05, 3.63) is 0 Å². The lowest BCUT2D eigenvalue weighted by Crippen LogP contribution is -2.45. The second-order valence-corrected chi connectivity index (χ2v) is 7.48. The second kappa shape index (κ2) is 5.52. The van der Waals surface area contributed by atoms with Crippen molar-refractivity contribution in [1.82, 2.24) is 4.90 Å². The van der Waals surface area contributed by atoms with Crippen molar-refractivity contribution in [3.8, 4) is 0 Å². The van der Waals surface area contributed by atoms with E-state index >= 15 is 0 Å². The molecule has 0 radical (unpaired) electrons. The van der Waals surface area contributed by atoms with Gasteiger partial charge in [0.05, 0.1) is 0 Å². The summed E-state index contributed by atoms with van der Waals surface area (Å²) in [5.41, 5.74) is 1.13. The molecule has 2 heteroatoms. The maximum Gasteiger partial charge on any atom is 0.00405 e. The molecule has 1 saturated heterocycles. The largest absolute Gasteiger partial charge is 0.303 e. The first kappa shape index (κ1) is 13.7. The van der Waals surface area contributed by atoms with Gasteiger partial charge in [0.2, 0.25) is 0 Å². The van der Waals surface area contributed by atoms with Crippen LogP contribution in [0.3, 0.4) is 0 Å². The van der Waals surface area contributed by atoms with Gasteiger partial charge in [-0.1, -0.05) is 33.1 Å². The Morgan fingerprint density at radius 3 is 2.12 bits per heavy atom. The van der Waals surface area contributed by atoms with E-state index in [2.05, 4.69) is 31.4 Å². The summed E-state index contributed by atoms with van der Waals surface area (Å²) in [5, 5.41) is 0. The first-order valence-electron chi connectivity index (χ1n) is 7.39. The Balaban J connectivity index is 1.81. The van der Waals surface area contributed by atoms with E-state index in [1.54, 1.807) is 0 Å². The molecule has 0 amide bonds. The monoisotopic (exact) mass is 255 g/mol. The number of rotatable bonds is 3.